The van der Waals surface area contributed by atoms with Crippen molar-refractivity contribution in [2.24, 2.45) is 10.7 Å². The van der Waals surface area contributed by atoms with E-state index in [9.17, 15) is 0 Å². The largest absolute Gasteiger partial charge is 0.493 e. The Morgan fingerprint density at radius 3 is 2.43 bits per heavy atom. The zero-order chi connectivity index (χ0) is 16.7. The van der Waals surface area contributed by atoms with Crippen molar-refractivity contribution in [3.63, 3.8) is 0 Å². The predicted octanol–water partition coefficient (Wildman–Crippen LogP) is 3.55. The van der Waals surface area contributed by atoms with Gasteiger partial charge in [-0.1, -0.05) is 51.2 Å². The molecule has 0 fully saturated rings. The van der Waals surface area contributed by atoms with Crippen LogP contribution in [0.3, 0.4) is 0 Å². The summed E-state index contributed by atoms with van der Waals surface area (Å²) in [4.78, 5) is 4.33. The quantitative estimate of drug-likeness (QED) is 0.529. The number of fused-ring (bicyclic) bond motifs is 1. The van der Waals surface area contributed by atoms with Gasteiger partial charge in [-0.3, -0.25) is 0 Å². The van der Waals surface area contributed by atoms with E-state index in [2.05, 4.69) is 11.9 Å². The number of nitrogens with zero attached hydrogens (tertiary/aromatic N) is 1. The highest BCUT2D eigenvalue weighted by molar-refractivity contribution is 6.02. The number of aliphatic imine (C=N–C) groups is 1. The summed E-state index contributed by atoms with van der Waals surface area (Å²) in [6.07, 6.45) is 7.38. The molecule has 0 aromatic heterocycles. The lowest BCUT2D eigenvalue weighted by molar-refractivity contribution is -0.207. The molecule has 23 heavy (non-hydrogen) atoms. The van der Waals surface area contributed by atoms with E-state index in [-0.39, 0.29) is 0 Å². The predicted molar refractivity (Wildman–Crippen MR) is 91.7 cm³/mol. The second kappa shape index (κ2) is 8.31. The summed E-state index contributed by atoms with van der Waals surface area (Å²) >= 11 is 0. The van der Waals surface area contributed by atoms with E-state index in [1.807, 2.05) is 18.2 Å². The summed E-state index contributed by atoms with van der Waals surface area (Å²) in [5, 5.41) is 0. The number of ether oxygens (including phenoxy) is 3. The maximum atomic E-state index is 6.00. The molecule has 2 N–H and O–H groups in total. The van der Waals surface area contributed by atoms with Gasteiger partial charge in [0.25, 0.3) is 0 Å². The zero-order valence-corrected chi connectivity index (χ0v) is 14.4. The Labute approximate surface area is 138 Å². The average molecular weight is 320 g/mol. The third kappa shape index (κ3) is 3.85. The van der Waals surface area contributed by atoms with Crippen molar-refractivity contribution < 1.29 is 14.2 Å². The molecule has 0 spiro atoms. The van der Waals surface area contributed by atoms with Gasteiger partial charge in [-0.05, 0) is 12.5 Å². The number of unbranched alkanes of at least 4 members (excludes halogenated alkanes) is 5. The third-order valence-electron chi connectivity index (χ3n) is 4.19. The van der Waals surface area contributed by atoms with E-state index >= 15 is 0 Å². The topological polar surface area (TPSA) is 66.1 Å². The molecule has 0 atom stereocenters. The van der Waals surface area contributed by atoms with Crippen molar-refractivity contribution in [3.05, 3.63) is 29.3 Å². The van der Waals surface area contributed by atoms with Gasteiger partial charge in [0.15, 0.2) is 0 Å². The molecule has 5 nitrogen and oxygen atoms in total. The Kier molecular flexibility index (Phi) is 6.42. The fourth-order valence-electron chi connectivity index (χ4n) is 2.91. The van der Waals surface area contributed by atoms with Gasteiger partial charge in [0, 0.05) is 19.8 Å². The minimum atomic E-state index is -1.20. The van der Waals surface area contributed by atoms with Gasteiger partial charge in [0.05, 0.1) is 12.2 Å². The Hall–Kier alpha value is -1.59. The first kappa shape index (κ1) is 17.8. The molecule has 1 aromatic rings. The first-order valence-corrected chi connectivity index (χ1v) is 8.40. The average Bonchev–Trinajstić information content (AvgIpc) is 2.88. The van der Waals surface area contributed by atoms with Gasteiger partial charge >= 0.3 is 5.91 Å². The number of hydrogen-bond donors (Lipinski definition) is 1. The lowest BCUT2D eigenvalue weighted by Gasteiger charge is -2.25. The maximum Gasteiger partial charge on any atom is 0.303 e. The van der Waals surface area contributed by atoms with Crippen LogP contribution >= 0.6 is 0 Å². The van der Waals surface area contributed by atoms with Crippen LogP contribution in [0.4, 0.5) is 0 Å². The lowest BCUT2D eigenvalue weighted by atomic mass is 10.1. The Balaban J connectivity index is 2.00. The SMILES string of the molecule is CCCCCCCCOc1cccc2c1C(OC)(OC)N=C2N. The molecule has 2 rings (SSSR count). The van der Waals surface area contributed by atoms with Gasteiger partial charge in [-0.25, -0.2) is 4.99 Å². The maximum absolute atomic E-state index is 6.00. The van der Waals surface area contributed by atoms with E-state index in [1.165, 1.54) is 32.1 Å². The fourth-order valence-corrected chi connectivity index (χ4v) is 2.91. The molecule has 128 valence electrons. The van der Waals surface area contributed by atoms with Crippen molar-refractivity contribution in [2.75, 3.05) is 20.8 Å². The summed E-state index contributed by atoms with van der Waals surface area (Å²) in [6, 6.07) is 5.74. The second-order valence-corrected chi connectivity index (χ2v) is 5.78. The first-order valence-electron chi connectivity index (χ1n) is 8.40. The number of benzene rings is 1. The van der Waals surface area contributed by atoms with Crippen molar-refractivity contribution in [1.29, 1.82) is 0 Å². The Morgan fingerprint density at radius 1 is 1.04 bits per heavy atom. The molecule has 1 heterocycles. The van der Waals surface area contributed by atoms with Crippen molar-refractivity contribution in [3.8, 4) is 5.75 Å². The van der Waals surface area contributed by atoms with Crippen molar-refractivity contribution >= 4 is 5.84 Å². The van der Waals surface area contributed by atoms with Crippen LogP contribution in [0.2, 0.25) is 0 Å². The van der Waals surface area contributed by atoms with Gasteiger partial charge in [0.1, 0.15) is 11.6 Å². The summed E-state index contributed by atoms with van der Waals surface area (Å²) < 4.78 is 16.9. The highest BCUT2D eigenvalue weighted by Gasteiger charge is 2.43. The first-order chi connectivity index (χ1) is 11.2. The molecule has 1 aliphatic heterocycles. The van der Waals surface area contributed by atoms with E-state index < -0.39 is 5.91 Å². The molecular formula is C18H28N2O3. The Bertz CT molecular complexity index is 539. The van der Waals surface area contributed by atoms with Crippen molar-refractivity contribution in [2.45, 2.75) is 51.4 Å². The monoisotopic (exact) mass is 320 g/mol. The third-order valence-corrected chi connectivity index (χ3v) is 4.19. The summed E-state index contributed by atoms with van der Waals surface area (Å²) in [5.74, 6) is -0.0606. The van der Waals surface area contributed by atoms with Crippen LogP contribution in [0.15, 0.2) is 23.2 Å². The standard InChI is InChI=1S/C18H28N2O3/c1-4-5-6-7-8-9-13-23-15-12-10-11-14-16(15)18(21-2,22-3)20-17(14)19/h10-12H,4-9,13H2,1-3H3,(H2,19,20). The van der Waals surface area contributed by atoms with E-state index in [0.717, 1.165) is 23.3 Å². The van der Waals surface area contributed by atoms with Gasteiger partial charge in [0.2, 0.25) is 0 Å². The van der Waals surface area contributed by atoms with Crippen LogP contribution in [0.1, 0.15) is 56.6 Å². The summed E-state index contributed by atoms with van der Waals surface area (Å²) in [5.41, 5.74) is 7.57. The number of methoxy groups -OCH3 is 2. The molecule has 0 saturated heterocycles. The molecule has 1 aliphatic rings. The van der Waals surface area contributed by atoms with E-state index in [0.29, 0.717) is 12.4 Å². The van der Waals surface area contributed by atoms with Gasteiger partial charge in [-0.2, -0.15) is 0 Å². The van der Waals surface area contributed by atoms with Crippen LogP contribution in [-0.2, 0) is 15.4 Å². The number of nitrogens with two attached hydrogens (primary N) is 1. The molecule has 0 radical (unpaired) electrons. The molecule has 5 heteroatoms. The van der Waals surface area contributed by atoms with Crippen LogP contribution < -0.4 is 10.5 Å². The number of hydrogen-bond acceptors (Lipinski definition) is 5. The van der Waals surface area contributed by atoms with Crippen molar-refractivity contribution in [1.82, 2.24) is 0 Å². The van der Waals surface area contributed by atoms with Crippen LogP contribution in [0, 0.1) is 0 Å². The van der Waals surface area contributed by atoms with Crippen LogP contribution in [-0.4, -0.2) is 26.7 Å². The summed E-state index contributed by atoms with van der Waals surface area (Å²) in [7, 11) is 3.11. The van der Waals surface area contributed by atoms with E-state index in [4.69, 9.17) is 19.9 Å². The molecule has 0 aliphatic carbocycles. The number of rotatable bonds is 10. The molecular weight excluding hydrogens is 292 g/mol. The van der Waals surface area contributed by atoms with Gasteiger partial charge < -0.3 is 19.9 Å². The minimum absolute atomic E-state index is 0.411. The molecule has 0 bridgehead atoms. The highest BCUT2D eigenvalue weighted by Crippen LogP contribution is 2.41. The molecule has 0 saturated carbocycles. The van der Waals surface area contributed by atoms with Crippen LogP contribution in [0.25, 0.3) is 0 Å². The Morgan fingerprint density at radius 2 is 1.74 bits per heavy atom. The molecule has 1 aromatic carbocycles. The molecule has 0 amide bonds. The lowest BCUT2D eigenvalue weighted by Crippen LogP contribution is -2.27. The second-order valence-electron chi connectivity index (χ2n) is 5.78. The number of amidine groups is 1. The normalized spacial score (nSPS) is 15.3. The zero-order valence-electron chi connectivity index (χ0n) is 14.4. The fraction of sp³-hybridized carbons (Fsp3) is 0.611. The highest BCUT2D eigenvalue weighted by atomic mass is 16.7. The summed E-state index contributed by atoms with van der Waals surface area (Å²) in [6.45, 7) is 2.90. The van der Waals surface area contributed by atoms with Gasteiger partial charge in [-0.15, -0.1) is 0 Å². The smallest absolute Gasteiger partial charge is 0.303 e. The van der Waals surface area contributed by atoms with E-state index in [1.54, 1.807) is 14.2 Å². The minimum Gasteiger partial charge on any atom is -0.493 e. The molecule has 0 unspecified atom stereocenters. The van der Waals surface area contributed by atoms with Crippen LogP contribution in [0.5, 0.6) is 5.75 Å².